The normalized spacial score (nSPS) is 18.2. The van der Waals surface area contributed by atoms with Crippen molar-refractivity contribution in [3.63, 3.8) is 0 Å². The number of ether oxygens (including phenoxy) is 1. The van der Waals surface area contributed by atoms with Gasteiger partial charge in [0.1, 0.15) is 17.2 Å². The average molecular weight is 480 g/mol. The van der Waals surface area contributed by atoms with Gasteiger partial charge in [-0.25, -0.2) is 8.42 Å². The lowest BCUT2D eigenvalue weighted by atomic mass is 9.73. The Hall–Kier alpha value is -2.46. The van der Waals surface area contributed by atoms with Crippen molar-refractivity contribution in [3.05, 3.63) is 18.2 Å². The number of hydrogen-bond donors (Lipinski definition) is 1. The van der Waals surface area contributed by atoms with Gasteiger partial charge in [-0.1, -0.05) is 33.1 Å². The number of anilines is 1. The molecule has 0 unspecified atom stereocenters. The summed E-state index contributed by atoms with van der Waals surface area (Å²) in [5.74, 6) is -0.946. The van der Waals surface area contributed by atoms with Gasteiger partial charge in [-0.05, 0) is 38.0 Å². The second-order valence-corrected chi connectivity index (χ2v) is 10.4. The number of nitrogens with zero attached hydrogens (tertiary/aromatic N) is 2. The highest BCUT2D eigenvalue weighted by Crippen LogP contribution is 2.45. The van der Waals surface area contributed by atoms with Crippen LogP contribution in [0.3, 0.4) is 0 Å². The van der Waals surface area contributed by atoms with Gasteiger partial charge in [0.2, 0.25) is 27.7 Å². The zero-order chi connectivity index (χ0) is 24.2. The van der Waals surface area contributed by atoms with Gasteiger partial charge < -0.3 is 10.1 Å². The summed E-state index contributed by atoms with van der Waals surface area (Å²) in [5.41, 5.74) is -0.402. The van der Waals surface area contributed by atoms with Gasteiger partial charge in [0.25, 0.3) is 0 Å². The predicted molar refractivity (Wildman–Crippen MR) is 123 cm³/mol. The second kappa shape index (κ2) is 10.2. The van der Waals surface area contributed by atoms with Crippen LogP contribution in [0.4, 0.5) is 5.69 Å². The molecule has 0 radical (unpaired) electrons. The molecular weight excluding hydrogens is 446 g/mol. The highest BCUT2D eigenvalue weighted by molar-refractivity contribution is 7.89. The summed E-state index contributed by atoms with van der Waals surface area (Å²) in [6.45, 7) is 5.74. The molecule has 1 aromatic rings. The number of hydrogen-bond acceptors (Lipinski definition) is 6. The summed E-state index contributed by atoms with van der Waals surface area (Å²) >= 11 is 0. The molecule has 182 valence electrons. The number of sulfonamides is 1. The van der Waals surface area contributed by atoms with Gasteiger partial charge in [-0.3, -0.25) is 19.3 Å². The fourth-order valence-electron chi connectivity index (χ4n) is 4.75. The Kier molecular flexibility index (Phi) is 7.79. The molecule has 1 saturated heterocycles. The topological polar surface area (TPSA) is 113 Å². The molecule has 3 rings (SSSR count). The standard InChI is InChI=1S/C23H33N3O6S/c1-4-25(5-2)33(30,31)19-14-17(10-11-18(19)32-6-3)24-20(27)16-26-21(28)15-23(22(26)29)12-8-7-9-13-23/h10-11,14H,4-9,12-13,15-16H2,1-3H3,(H,24,27). The van der Waals surface area contributed by atoms with Crippen LogP contribution in [-0.2, 0) is 24.4 Å². The summed E-state index contributed by atoms with van der Waals surface area (Å²) in [7, 11) is -3.83. The molecule has 0 atom stereocenters. The maximum atomic E-state index is 13.1. The lowest BCUT2D eigenvalue weighted by Gasteiger charge is -2.30. The third kappa shape index (κ3) is 5.06. The van der Waals surface area contributed by atoms with Crippen molar-refractivity contribution in [2.24, 2.45) is 5.41 Å². The van der Waals surface area contributed by atoms with E-state index in [0.29, 0.717) is 25.9 Å². The van der Waals surface area contributed by atoms with Gasteiger partial charge in [0, 0.05) is 25.2 Å². The van der Waals surface area contributed by atoms with Crippen LogP contribution in [0.1, 0.15) is 59.3 Å². The fraction of sp³-hybridized carbons (Fsp3) is 0.609. The molecule has 3 amide bonds. The number of carbonyl (C=O) groups excluding carboxylic acids is 3. The molecule has 2 aliphatic rings. The summed E-state index contributed by atoms with van der Waals surface area (Å²) < 4.78 is 33.0. The number of carbonyl (C=O) groups is 3. The van der Waals surface area contributed by atoms with Crippen LogP contribution in [-0.4, -0.2) is 61.6 Å². The van der Waals surface area contributed by atoms with Gasteiger partial charge in [-0.15, -0.1) is 0 Å². The smallest absolute Gasteiger partial charge is 0.246 e. The van der Waals surface area contributed by atoms with E-state index in [4.69, 9.17) is 4.74 Å². The van der Waals surface area contributed by atoms with E-state index in [-0.39, 0.29) is 47.7 Å². The molecule has 1 aliphatic carbocycles. The molecule has 1 aromatic carbocycles. The predicted octanol–water partition coefficient (Wildman–Crippen LogP) is 2.76. The van der Waals surface area contributed by atoms with E-state index in [2.05, 4.69) is 5.32 Å². The van der Waals surface area contributed by atoms with E-state index < -0.39 is 21.3 Å². The largest absolute Gasteiger partial charge is 0.492 e. The molecule has 1 heterocycles. The maximum absolute atomic E-state index is 13.1. The minimum atomic E-state index is -3.83. The van der Waals surface area contributed by atoms with Crippen LogP contribution in [0.15, 0.2) is 23.1 Å². The first-order valence-electron chi connectivity index (χ1n) is 11.6. The number of imide groups is 1. The van der Waals surface area contributed by atoms with E-state index in [0.717, 1.165) is 24.2 Å². The number of likely N-dealkylation sites (tertiary alicyclic amines) is 1. The lowest BCUT2D eigenvalue weighted by molar-refractivity contribution is -0.144. The fourth-order valence-corrected chi connectivity index (χ4v) is 6.36. The number of amides is 3. The van der Waals surface area contributed by atoms with Gasteiger partial charge >= 0.3 is 0 Å². The molecule has 0 aromatic heterocycles. The number of nitrogens with one attached hydrogen (secondary N) is 1. The van der Waals surface area contributed by atoms with Crippen LogP contribution < -0.4 is 10.1 Å². The summed E-state index contributed by atoms with van der Waals surface area (Å²) in [6, 6.07) is 4.39. The second-order valence-electron chi connectivity index (χ2n) is 8.53. The summed E-state index contributed by atoms with van der Waals surface area (Å²) in [6.07, 6.45) is 4.40. The monoisotopic (exact) mass is 479 g/mol. The van der Waals surface area contributed by atoms with Crippen molar-refractivity contribution in [2.75, 3.05) is 31.6 Å². The molecule has 33 heavy (non-hydrogen) atoms. The first-order valence-corrected chi connectivity index (χ1v) is 13.0. The molecule has 1 saturated carbocycles. The van der Waals surface area contributed by atoms with Crippen LogP contribution >= 0.6 is 0 Å². The third-order valence-corrected chi connectivity index (χ3v) is 8.52. The molecule has 1 aliphatic heterocycles. The summed E-state index contributed by atoms with van der Waals surface area (Å²) in [4.78, 5) is 39.2. The quantitative estimate of drug-likeness (QED) is 0.545. The minimum absolute atomic E-state index is 0.0414. The van der Waals surface area contributed by atoms with Crippen molar-refractivity contribution >= 4 is 33.4 Å². The van der Waals surface area contributed by atoms with E-state index >= 15 is 0 Å². The number of benzene rings is 1. The van der Waals surface area contributed by atoms with Crippen LogP contribution in [0.25, 0.3) is 0 Å². The van der Waals surface area contributed by atoms with Gasteiger partial charge in [0.05, 0.1) is 12.0 Å². The Morgan fingerprint density at radius 2 is 1.79 bits per heavy atom. The Morgan fingerprint density at radius 3 is 2.39 bits per heavy atom. The molecule has 9 nitrogen and oxygen atoms in total. The van der Waals surface area contributed by atoms with Crippen molar-refractivity contribution in [2.45, 2.75) is 64.2 Å². The minimum Gasteiger partial charge on any atom is -0.492 e. The summed E-state index contributed by atoms with van der Waals surface area (Å²) in [5, 5.41) is 2.63. The molecule has 10 heteroatoms. The zero-order valence-corrected chi connectivity index (χ0v) is 20.4. The van der Waals surface area contributed by atoms with Gasteiger partial charge in [0.15, 0.2) is 0 Å². The Morgan fingerprint density at radius 1 is 1.12 bits per heavy atom. The van der Waals surface area contributed by atoms with Crippen molar-refractivity contribution in [1.29, 1.82) is 0 Å². The molecular formula is C23H33N3O6S. The van der Waals surface area contributed by atoms with E-state index in [1.807, 2.05) is 0 Å². The third-order valence-electron chi connectivity index (χ3n) is 6.45. The van der Waals surface area contributed by atoms with Crippen LogP contribution in [0.5, 0.6) is 5.75 Å². The van der Waals surface area contributed by atoms with Crippen LogP contribution in [0, 0.1) is 5.41 Å². The van der Waals surface area contributed by atoms with Crippen LogP contribution in [0.2, 0.25) is 0 Å². The molecule has 2 fully saturated rings. The van der Waals surface area contributed by atoms with E-state index in [1.54, 1.807) is 26.8 Å². The first-order chi connectivity index (χ1) is 15.7. The molecule has 1 spiro atoms. The average Bonchev–Trinajstić information content (AvgIpc) is 2.99. The molecule has 1 N–H and O–H groups in total. The van der Waals surface area contributed by atoms with Crippen molar-refractivity contribution < 1.29 is 27.5 Å². The highest BCUT2D eigenvalue weighted by Gasteiger charge is 2.51. The lowest BCUT2D eigenvalue weighted by Crippen LogP contribution is -2.41. The zero-order valence-electron chi connectivity index (χ0n) is 19.6. The van der Waals surface area contributed by atoms with Crippen molar-refractivity contribution in [1.82, 2.24) is 9.21 Å². The first kappa shape index (κ1) is 25.2. The Bertz CT molecular complexity index is 1010. The Balaban J connectivity index is 1.78. The maximum Gasteiger partial charge on any atom is 0.246 e. The van der Waals surface area contributed by atoms with E-state index in [9.17, 15) is 22.8 Å². The Labute approximate surface area is 195 Å². The molecule has 0 bridgehead atoms. The number of rotatable bonds is 9. The SMILES string of the molecule is CCOc1ccc(NC(=O)CN2C(=O)CC3(CCCCC3)C2=O)cc1S(=O)(=O)N(CC)CC. The van der Waals surface area contributed by atoms with E-state index in [1.165, 1.54) is 16.4 Å². The highest BCUT2D eigenvalue weighted by atomic mass is 32.2. The van der Waals surface area contributed by atoms with Crippen molar-refractivity contribution in [3.8, 4) is 5.75 Å². The van der Waals surface area contributed by atoms with Gasteiger partial charge in [-0.2, -0.15) is 4.31 Å².